The van der Waals surface area contributed by atoms with Gasteiger partial charge >= 0.3 is 0 Å². The van der Waals surface area contributed by atoms with E-state index in [4.69, 9.17) is 5.73 Å². The number of nitrogens with one attached hydrogen (secondary N) is 2. The summed E-state index contributed by atoms with van der Waals surface area (Å²) in [6, 6.07) is 22.7. The maximum atomic E-state index is 12.6. The van der Waals surface area contributed by atoms with Gasteiger partial charge in [0, 0.05) is 28.4 Å². The van der Waals surface area contributed by atoms with Crippen molar-refractivity contribution in [3.05, 3.63) is 84.6 Å². The smallest absolute Gasteiger partial charge is 0.250 e. The predicted molar refractivity (Wildman–Crippen MR) is 121 cm³/mol. The Labute approximate surface area is 177 Å². The molecule has 7 heteroatoms. The number of nitrogens with two attached hydrogens (primary N) is 1. The fourth-order valence-electron chi connectivity index (χ4n) is 3.73. The number of fused-ring (bicyclic) bond motifs is 2. The molecule has 3 aromatic carbocycles. The molecule has 152 valence electrons. The number of aromatic amines is 1. The van der Waals surface area contributed by atoms with E-state index in [2.05, 4.69) is 15.3 Å². The van der Waals surface area contributed by atoms with Crippen LogP contribution in [-0.4, -0.2) is 26.3 Å². The Morgan fingerprint density at radius 1 is 0.968 bits per heavy atom. The number of nitrogens with zero attached hydrogens (tertiary/aromatic N) is 2. The lowest BCUT2D eigenvalue weighted by Crippen LogP contribution is -2.18. The maximum absolute atomic E-state index is 12.6. The third-order valence-corrected chi connectivity index (χ3v) is 5.20. The molecule has 0 radical (unpaired) electrons. The number of primary amides is 1. The topological polar surface area (TPSA) is 106 Å². The molecule has 0 aliphatic heterocycles. The molecule has 7 nitrogen and oxygen atoms in total. The molecule has 0 bridgehead atoms. The first-order valence-corrected chi connectivity index (χ1v) is 9.81. The van der Waals surface area contributed by atoms with Crippen molar-refractivity contribution in [2.24, 2.45) is 5.73 Å². The summed E-state index contributed by atoms with van der Waals surface area (Å²) in [5.41, 5.74) is 10.1. The normalized spacial score (nSPS) is 11.1. The first-order chi connectivity index (χ1) is 15.1. The fourth-order valence-corrected chi connectivity index (χ4v) is 3.73. The summed E-state index contributed by atoms with van der Waals surface area (Å²) in [6.45, 7) is 0.0686. The molecule has 0 saturated carbocycles. The van der Waals surface area contributed by atoms with Crippen molar-refractivity contribution in [2.45, 2.75) is 6.54 Å². The van der Waals surface area contributed by atoms with Gasteiger partial charge in [-0.05, 0) is 42.5 Å². The van der Waals surface area contributed by atoms with E-state index in [1.165, 1.54) is 0 Å². The lowest BCUT2D eigenvalue weighted by atomic mass is 10.2. The summed E-state index contributed by atoms with van der Waals surface area (Å²) in [7, 11) is 0. The largest absolute Gasteiger partial charge is 0.366 e. The van der Waals surface area contributed by atoms with E-state index in [0.717, 1.165) is 33.3 Å². The number of hydrogen-bond acceptors (Lipinski definition) is 3. The Morgan fingerprint density at radius 3 is 2.48 bits per heavy atom. The quantitative estimate of drug-likeness (QED) is 0.410. The molecular formula is C24H19N5O2. The lowest BCUT2D eigenvalue weighted by Gasteiger charge is -2.08. The van der Waals surface area contributed by atoms with Gasteiger partial charge in [0.2, 0.25) is 5.91 Å². The minimum atomic E-state index is -0.517. The summed E-state index contributed by atoms with van der Waals surface area (Å²) in [5.74, 6) is 0.0571. The Hall–Kier alpha value is -4.39. The Morgan fingerprint density at radius 2 is 1.71 bits per heavy atom. The third kappa shape index (κ3) is 3.53. The van der Waals surface area contributed by atoms with Crippen LogP contribution in [0.5, 0.6) is 0 Å². The molecule has 0 spiro atoms. The van der Waals surface area contributed by atoms with Crippen molar-refractivity contribution in [1.29, 1.82) is 0 Å². The van der Waals surface area contributed by atoms with E-state index < -0.39 is 5.91 Å². The predicted octanol–water partition coefficient (Wildman–Crippen LogP) is 3.92. The van der Waals surface area contributed by atoms with Crippen LogP contribution in [0.2, 0.25) is 0 Å². The molecule has 4 N–H and O–H groups in total. The van der Waals surface area contributed by atoms with Gasteiger partial charge in [0.25, 0.3) is 5.91 Å². The van der Waals surface area contributed by atoms with Crippen LogP contribution < -0.4 is 11.1 Å². The number of carbonyl (C=O) groups is 2. The van der Waals surface area contributed by atoms with Crippen molar-refractivity contribution in [3.8, 4) is 11.4 Å². The number of benzene rings is 3. The van der Waals surface area contributed by atoms with Crippen LogP contribution in [0.25, 0.3) is 33.3 Å². The van der Waals surface area contributed by atoms with Gasteiger partial charge in [0.1, 0.15) is 12.4 Å². The third-order valence-electron chi connectivity index (χ3n) is 5.20. The summed E-state index contributed by atoms with van der Waals surface area (Å²) < 4.78 is 1.73. The highest BCUT2D eigenvalue weighted by molar-refractivity contribution is 6.06. The van der Waals surface area contributed by atoms with E-state index in [1.807, 2.05) is 72.8 Å². The molecule has 0 saturated heterocycles. The van der Waals surface area contributed by atoms with Crippen LogP contribution in [0.3, 0.4) is 0 Å². The number of imidazole rings is 1. The van der Waals surface area contributed by atoms with E-state index in [9.17, 15) is 9.59 Å². The zero-order valence-electron chi connectivity index (χ0n) is 16.5. The van der Waals surface area contributed by atoms with Crippen LogP contribution in [0, 0.1) is 0 Å². The van der Waals surface area contributed by atoms with Crippen LogP contribution in [-0.2, 0) is 11.3 Å². The second kappa shape index (κ2) is 7.46. The number of carbonyl (C=O) groups excluding carboxylic acids is 2. The van der Waals surface area contributed by atoms with E-state index in [1.54, 1.807) is 10.8 Å². The molecular weight excluding hydrogens is 390 g/mol. The van der Waals surface area contributed by atoms with Crippen LogP contribution in [0.4, 0.5) is 5.69 Å². The number of rotatable bonds is 5. The van der Waals surface area contributed by atoms with Gasteiger partial charge in [-0.25, -0.2) is 4.98 Å². The first-order valence-electron chi connectivity index (χ1n) is 9.81. The van der Waals surface area contributed by atoms with Gasteiger partial charge in [-0.15, -0.1) is 0 Å². The first kappa shape index (κ1) is 18.6. The van der Waals surface area contributed by atoms with Crippen LogP contribution >= 0.6 is 0 Å². The Kier molecular flexibility index (Phi) is 4.48. The number of aromatic nitrogens is 3. The van der Waals surface area contributed by atoms with Crippen molar-refractivity contribution in [2.75, 3.05) is 5.32 Å². The Bertz CT molecular complexity index is 1400. The molecule has 0 atom stereocenters. The molecule has 2 amide bonds. The van der Waals surface area contributed by atoms with Gasteiger partial charge in [-0.3, -0.25) is 9.59 Å². The second-order valence-corrected chi connectivity index (χ2v) is 7.28. The van der Waals surface area contributed by atoms with Crippen molar-refractivity contribution in [3.63, 3.8) is 0 Å². The summed E-state index contributed by atoms with van der Waals surface area (Å²) >= 11 is 0. The average Bonchev–Trinajstić information content (AvgIpc) is 3.36. The second-order valence-electron chi connectivity index (χ2n) is 7.28. The molecule has 0 fully saturated rings. The van der Waals surface area contributed by atoms with Crippen LogP contribution in [0.15, 0.2) is 79.0 Å². The van der Waals surface area contributed by atoms with Gasteiger partial charge in [-0.2, -0.15) is 0 Å². The lowest BCUT2D eigenvalue weighted by molar-refractivity contribution is -0.116. The summed E-state index contributed by atoms with van der Waals surface area (Å²) in [6.07, 6.45) is 1.62. The average molecular weight is 409 g/mol. The molecule has 0 unspecified atom stereocenters. The number of hydrogen-bond donors (Lipinski definition) is 3. The Balaban J connectivity index is 1.33. The highest BCUT2D eigenvalue weighted by Crippen LogP contribution is 2.23. The molecule has 2 heterocycles. The van der Waals surface area contributed by atoms with Crippen LogP contribution in [0.1, 0.15) is 10.4 Å². The van der Waals surface area contributed by atoms with Gasteiger partial charge < -0.3 is 20.6 Å². The zero-order chi connectivity index (χ0) is 21.4. The molecule has 2 aromatic heterocycles. The molecule has 31 heavy (non-hydrogen) atoms. The number of H-pyrrole nitrogens is 1. The van der Waals surface area contributed by atoms with Gasteiger partial charge in [0.15, 0.2) is 0 Å². The number of anilines is 1. The fraction of sp³-hybridized carbons (Fsp3) is 0.0417. The van der Waals surface area contributed by atoms with Crippen molar-refractivity contribution in [1.82, 2.24) is 14.5 Å². The molecule has 0 aliphatic rings. The van der Waals surface area contributed by atoms with Gasteiger partial charge in [0.05, 0.1) is 16.6 Å². The molecule has 5 rings (SSSR count). The van der Waals surface area contributed by atoms with Gasteiger partial charge in [-0.1, -0.05) is 30.3 Å². The molecule has 0 aliphatic carbocycles. The SMILES string of the molecule is NC(=O)c1cn(CC(=O)Nc2ccc(-c3nc4ccccc4[nH]3)cc2)c2ccccc12. The van der Waals surface area contributed by atoms with Crippen molar-refractivity contribution >= 4 is 39.4 Å². The van der Waals surface area contributed by atoms with Crippen molar-refractivity contribution < 1.29 is 9.59 Å². The zero-order valence-corrected chi connectivity index (χ0v) is 16.5. The number of amides is 2. The minimum absolute atomic E-state index is 0.0686. The summed E-state index contributed by atoms with van der Waals surface area (Å²) in [5, 5.41) is 3.63. The minimum Gasteiger partial charge on any atom is -0.366 e. The number of para-hydroxylation sites is 3. The molecule has 5 aromatic rings. The van der Waals surface area contributed by atoms with E-state index >= 15 is 0 Å². The van der Waals surface area contributed by atoms with E-state index in [-0.39, 0.29) is 12.5 Å². The maximum Gasteiger partial charge on any atom is 0.250 e. The highest BCUT2D eigenvalue weighted by Gasteiger charge is 2.14. The standard InChI is InChI=1S/C24H19N5O2/c25-23(31)18-13-29(21-8-4-1-5-17(18)21)14-22(30)26-16-11-9-15(10-12-16)24-27-19-6-2-3-7-20(19)28-24/h1-13H,14H2,(H2,25,31)(H,26,30)(H,27,28). The van der Waals surface area contributed by atoms with E-state index in [0.29, 0.717) is 11.3 Å². The monoisotopic (exact) mass is 409 g/mol. The summed E-state index contributed by atoms with van der Waals surface area (Å²) in [4.78, 5) is 32.2. The highest BCUT2D eigenvalue weighted by atomic mass is 16.2.